The molecule has 0 aliphatic rings. The van der Waals surface area contributed by atoms with Gasteiger partial charge in [-0.25, -0.2) is 17.5 Å². The lowest BCUT2D eigenvalue weighted by Gasteiger charge is -2.14. The summed E-state index contributed by atoms with van der Waals surface area (Å²) < 4.78 is 41.3. The van der Waals surface area contributed by atoms with E-state index in [1.54, 1.807) is 19.1 Å². The van der Waals surface area contributed by atoms with Gasteiger partial charge in [-0.15, -0.1) is 11.3 Å². The van der Waals surface area contributed by atoms with E-state index in [0.29, 0.717) is 9.21 Å². The van der Waals surface area contributed by atoms with E-state index in [2.05, 4.69) is 4.72 Å². The van der Waals surface area contributed by atoms with Crippen molar-refractivity contribution in [2.75, 3.05) is 5.73 Å². The van der Waals surface area contributed by atoms with Crippen LogP contribution in [0.3, 0.4) is 0 Å². The van der Waals surface area contributed by atoms with Crippen LogP contribution in [0, 0.1) is 5.82 Å². The minimum Gasteiger partial charge on any atom is -0.396 e. The van der Waals surface area contributed by atoms with Gasteiger partial charge in [-0.05, 0) is 31.2 Å². The van der Waals surface area contributed by atoms with Gasteiger partial charge in [-0.3, -0.25) is 0 Å². The van der Waals surface area contributed by atoms with E-state index >= 15 is 0 Å². The molecular formula is C12H11Cl2FN2O2S2. The van der Waals surface area contributed by atoms with Crippen LogP contribution in [0.15, 0.2) is 29.2 Å². The maximum absolute atomic E-state index is 13.9. The second-order valence-electron chi connectivity index (χ2n) is 4.29. The van der Waals surface area contributed by atoms with Crippen LogP contribution in [0.5, 0.6) is 0 Å². The first-order chi connectivity index (χ1) is 9.70. The molecule has 114 valence electrons. The molecule has 1 aromatic heterocycles. The number of halogens is 3. The van der Waals surface area contributed by atoms with Crippen LogP contribution in [0.25, 0.3) is 0 Å². The Labute approximate surface area is 135 Å². The second kappa shape index (κ2) is 6.10. The van der Waals surface area contributed by atoms with Crippen molar-refractivity contribution < 1.29 is 12.8 Å². The number of sulfonamides is 1. The first kappa shape index (κ1) is 16.5. The highest BCUT2D eigenvalue weighted by Crippen LogP contribution is 2.29. The van der Waals surface area contributed by atoms with E-state index in [4.69, 9.17) is 28.9 Å². The predicted molar refractivity (Wildman–Crippen MR) is 83.9 cm³/mol. The molecule has 0 saturated carbocycles. The topological polar surface area (TPSA) is 72.2 Å². The number of thiophene rings is 1. The second-order valence-corrected chi connectivity index (χ2v) is 8.16. The number of nitrogens with two attached hydrogens (primary N) is 1. The summed E-state index contributed by atoms with van der Waals surface area (Å²) in [5, 5.41) is 0.0427. The van der Waals surface area contributed by atoms with Crippen LogP contribution < -0.4 is 10.5 Å². The van der Waals surface area contributed by atoms with Gasteiger partial charge in [0.05, 0.1) is 16.1 Å². The summed E-state index contributed by atoms with van der Waals surface area (Å²) in [7, 11) is -4.10. The van der Waals surface area contributed by atoms with Crippen LogP contribution in [0.1, 0.15) is 17.8 Å². The average molecular weight is 369 g/mol. The molecule has 0 aliphatic heterocycles. The average Bonchev–Trinajstić information content (AvgIpc) is 2.80. The van der Waals surface area contributed by atoms with Gasteiger partial charge in [0, 0.05) is 9.90 Å². The van der Waals surface area contributed by atoms with Gasteiger partial charge in [0.2, 0.25) is 10.0 Å². The number of nitrogens with one attached hydrogen (secondary N) is 1. The fourth-order valence-corrected chi connectivity index (χ4v) is 4.48. The summed E-state index contributed by atoms with van der Waals surface area (Å²) in [4.78, 5) is 0.126. The van der Waals surface area contributed by atoms with Crippen molar-refractivity contribution in [2.45, 2.75) is 17.9 Å². The summed E-state index contributed by atoms with van der Waals surface area (Å²) in [5.41, 5.74) is 5.07. The molecule has 21 heavy (non-hydrogen) atoms. The van der Waals surface area contributed by atoms with Crippen molar-refractivity contribution in [3.8, 4) is 0 Å². The Balaban J connectivity index is 2.35. The molecule has 1 unspecified atom stereocenters. The summed E-state index contributed by atoms with van der Waals surface area (Å²) in [6, 6.07) is 4.96. The molecule has 1 atom stereocenters. The quantitative estimate of drug-likeness (QED) is 0.805. The standard InChI is InChI=1S/C12H11Cl2FN2O2S2/c1-6(9-2-3-11(14)20-9)17-21(18,19)10-5-7(13)4-8(16)12(10)15/h2-6,17H,16H2,1H3. The molecule has 4 nitrogen and oxygen atoms in total. The number of hydrogen-bond donors (Lipinski definition) is 2. The third-order valence-corrected chi connectivity index (χ3v) is 5.85. The zero-order chi connectivity index (χ0) is 15.8. The first-order valence-corrected chi connectivity index (χ1v) is 8.78. The van der Waals surface area contributed by atoms with E-state index in [-0.39, 0.29) is 10.7 Å². The number of nitrogen functional groups attached to an aromatic ring is 1. The van der Waals surface area contributed by atoms with Crippen LogP contribution >= 0.6 is 34.5 Å². The highest BCUT2D eigenvalue weighted by Gasteiger charge is 2.24. The summed E-state index contributed by atoms with van der Waals surface area (Å²) in [5.74, 6) is -1.02. The number of rotatable bonds is 4. The van der Waals surface area contributed by atoms with Gasteiger partial charge < -0.3 is 5.73 Å². The van der Waals surface area contributed by atoms with Crippen LogP contribution in [-0.4, -0.2) is 8.42 Å². The third kappa shape index (κ3) is 3.67. The van der Waals surface area contributed by atoms with Gasteiger partial charge in [0.25, 0.3) is 0 Å². The van der Waals surface area contributed by atoms with E-state index < -0.39 is 26.8 Å². The summed E-state index contributed by atoms with van der Waals surface area (Å²) in [6.07, 6.45) is 0. The fourth-order valence-electron chi connectivity index (χ4n) is 1.70. The van der Waals surface area contributed by atoms with Crippen LogP contribution in [0.2, 0.25) is 9.36 Å². The Morgan fingerprint density at radius 2 is 2.00 bits per heavy atom. The lowest BCUT2D eigenvalue weighted by molar-refractivity contribution is 0.549. The van der Waals surface area contributed by atoms with Gasteiger partial charge in [0.15, 0.2) is 5.82 Å². The Morgan fingerprint density at radius 3 is 2.57 bits per heavy atom. The first-order valence-electron chi connectivity index (χ1n) is 5.73. The smallest absolute Gasteiger partial charge is 0.244 e. The number of benzene rings is 1. The van der Waals surface area contributed by atoms with Gasteiger partial charge in [-0.1, -0.05) is 23.2 Å². The van der Waals surface area contributed by atoms with Gasteiger partial charge >= 0.3 is 0 Å². The van der Waals surface area contributed by atoms with Crippen molar-refractivity contribution in [2.24, 2.45) is 0 Å². The maximum Gasteiger partial charge on any atom is 0.244 e. The zero-order valence-corrected chi connectivity index (χ0v) is 13.9. The summed E-state index contributed by atoms with van der Waals surface area (Å²) >= 11 is 12.8. The molecule has 1 aromatic carbocycles. The molecule has 9 heteroatoms. The number of anilines is 1. The largest absolute Gasteiger partial charge is 0.396 e. The Kier molecular flexibility index (Phi) is 4.79. The van der Waals surface area contributed by atoms with E-state index in [0.717, 1.165) is 12.1 Å². The maximum atomic E-state index is 13.9. The molecule has 0 fully saturated rings. The fraction of sp³-hybridized carbons (Fsp3) is 0.167. The molecule has 0 spiro atoms. The molecule has 0 amide bonds. The molecular weight excluding hydrogens is 358 g/mol. The molecule has 3 N–H and O–H groups in total. The Bertz CT molecular complexity index is 778. The minimum absolute atomic E-state index is 0.0427. The molecule has 2 aromatic rings. The van der Waals surface area contributed by atoms with E-state index in [1.807, 2.05) is 0 Å². The van der Waals surface area contributed by atoms with Crippen LogP contribution in [-0.2, 0) is 10.0 Å². The van der Waals surface area contributed by atoms with Gasteiger partial charge in [-0.2, -0.15) is 0 Å². The van der Waals surface area contributed by atoms with Crippen molar-refractivity contribution in [1.82, 2.24) is 4.72 Å². The van der Waals surface area contributed by atoms with E-state index in [9.17, 15) is 12.8 Å². The highest BCUT2D eigenvalue weighted by atomic mass is 35.5. The lowest BCUT2D eigenvalue weighted by Crippen LogP contribution is -2.27. The van der Waals surface area contributed by atoms with E-state index in [1.165, 1.54) is 11.3 Å². The normalized spacial score (nSPS) is 13.3. The molecule has 2 rings (SSSR count). The van der Waals surface area contributed by atoms with Crippen molar-refractivity contribution >= 4 is 50.2 Å². The minimum atomic E-state index is -4.10. The molecule has 0 aliphatic carbocycles. The Morgan fingerprint density at radius 1 is 1.33 bits per heavy atom. The zero-order valence-electron chi connectivity index (χ0n) is 10.7. The number of hydrogen-bond acceptors (Lipinski definition) is 4. The SMILES string of the molecule is CC(NS(=O)(=O)c1cc(Cl)cc(N)c1F)c1ccc(Cl)s1. The highest BCUT2D eigenvalue weighted by molar-refractivity contribution is 7.89. The lowest BCUT2D eigenvalue weighted by atomic mass is 10.3. The predicted octanol–water partition coefficient (Wildman–Crippen LogP) is 3.82. The molecule has 0 bridgehead atoms. The van der Waals surface area contributed by atoms with Crippen molar-refractivity contribution in [3.63, 3.8) is 0 Å². The Hall–Kier alpha value is -0.860. The van der Waals surface area contributed by atoms with Crippen molar-refractivity contribution in [3.05, 3.63) is 44.3 Å². The summed E-state index contributed by atoms with van der Waals surface area (Å²) in [6.45, 7) is 1.63. The third-order valence-electron chi connectivity index (χ3n) is 2.67. The van der Waals surface area contributed by atoms with Gasteiger partial charge in [0.1, 0.15) is 4.90 Å². The van der Waals surface area contributed by atoms with Crippen LogP contribution in [0.4, 0.5) is 10.1 Å². The molecule has 0 saturated heterocycles. The molecule has 1 heterocycles. The van der Waals surface area contributed by atoms with Crippen molar-refractivity contribution in [1.29, 1.82) is 0 Å². The monoisotopic (exact) mass is 368 g/mol. The molecule has 0 radical (unpaired) electrons.